The van der Waals surface area contributed by atoms with Gasteiger partial charge in [0.05, 0.1) is 5.56 Å². The molecular formula is C20H18N2O2S. The maximum atomic E-state index is 12.1. The Morgan fingerprint density at radius 2 is 1.56 bits per heavy atom. The lowest BCUT2D eigenvalue weighted by atomic mass is 10.1. The van der Waals surface area contributed by atoms with Crippen LogP contribution in [0.15, 0.2) is 76.8 Å². The lowest BCUT2D eigenvalue weighted by molar-refractivity contribution is -0.605. The SMILES string of the molecule is Cc1ccc(Sc2ccc(NC(=O)c3cc[n+]([O-])cc3)cc2)cc1C. The van der Waals surface area contributed by atoms with Crippen LogP contribution in [0.4, 0.5) is 5.69 Å². The zero-order valence-electron chi connectivity index (χ0n) is 14.0. The van der Waals surface area contributed by atoms with Gasteiger partial charge in [-0.15, -0.1) is 0 Å². The molecule has 0 spiro atoms. The first-order valence-electron chi connectivity index (χ1n) is 7.86. The Morgan fingerprint density at radius 3 is 2.20 bits per heavy atom. The van der Waals surface area contributed by atoms with Gasteiger partial charge >= 0.3 is 0 Å². The van der Waals surface area contributed by atoms with Gasteiger partial charge < -0.3 is 10.5 Å². The summed E-state index contributed by atoms with van der Waals surface area (Å²) < 4.78 is 0.648. The maximum absolute atomic E-state index is 12.1. The number of anilines is 1. The molecule has 1 heterocycles. The minimum absolute atomic E-state index is 0.241. The topological polar surface area (TPSA) is 56.0 Å². The van der Waals surface area contributed by atoms with E-state index < -0.39 is 0 Å². The van der Waals surface area contributed by atoms with E-state index in [0.717, 1.165) is 4.90 Å². The van der Waals surface area contributed by atoms with E-state index in [1.54, 1.807) is 11.8 Å². The number of benzene rings is 2. The molecule has 0 bridgehead atoms. The highest BCUT2D eigenvalue weighted by Crippen LogP contribution is 2.29. The number of hydrogen-bond acceptors (Lipinski definition) is 3. The van der Waals surface area contributed by atoms with Crippen molar-refractivity contribution in [3.8, 4) is 0 Å². The van der Waals surface area contributed by atoms with E-state index in [0.29, 0.717) is 16.0 Å². The summed E-state index contributed by atoms with van der Waals surface area (Å²) in [7, 11) is 0. The Balaban J connectivity index is 1.66. The van der Waals surface area contributed by atoms with Crippen LogP contribution in [0.2, 0.25) is 0 Å². The van der Waals surface area contributed by atoms with E-state index in [1.165, 1.54) is 40.5 Å². The lowest BCUT2D eigenvalue weighted by Crippen LogP contribution is -2.25. The van der Waals surface area contributed by atoms with Crippen LogP contribution in [-0.2, 0) is 0 Å². The quantitative estimate of drug-likeness (QED) is 0.562. The van der Waals surface area contributed by atoms with Gasteiger partial charge in [0, 0.05) is 27.6 Å². The number of nitrogens with one attached hydrogen (secondary N) is 1. The second-order valence-corrected chi connectivity index (χ2v) is 6.92. The molecule has 25 heavy (non-hydrogen) atoms. The molecule has 2 aromatic carbocycles. The molecule has 1 aromatic heterocycles. The maximum Gasteiger partial charge on any atom is 0.256 e. The average molecular weight is 350 g/mol. The van der Waals surface area contributed by atoms with Gasteiger partial charge in [0.15, 0.2) is 12.4 Å². The summed E-state index contributed by atoms with van der Waals surface area (Å²) in [5.41, 5.74) is 3.72. The van der Waals surface area contributed by atoms with Gasteiger partial charge in [0.2, 0.25) is 0 Å². The summed E-state index contributed by atoms with van der Waals surface area (Å²) in [6.45, 7) is 4.21. The van der Waals surface area contributed by atoms with Crippen LogP contribution in [0.3, 0.4) is 0 Å². The average Bonchev–Trinajstić information content (AvgIpc) is 2.60. The van der Waals surface area contributed by atoms with Crippen molar-refractivity contribution in [1.29, 1.82) is 0 Å². The molecule has 0 aliphatic rings. The van der Waals surface area contributed by atoms with Crippen molar-refractivity contribution >= 4 is 23.4 Å². The van der Waals surface area contributed by atoms with Crippen molar-refractivity contribution in [1.82, 2.24) is 0 Å². The molecule has 3 aromatic rings. The van der Waals surface area contributed by atoms with Gasteiger partial charge in [-0.05, 0) is 61.4 Å². The first-order chi connectivity index (χ1) is 12.0. The Hall–Kier alpha value is -2.79. The summed E-state index contributed by atoms with van der Waals surface area (Å²) >= 11 is 1.69. The summed E-state index contributed by atoms with van der Waals surface area (Å²) in [5.74, 6) is -0.241. The van der Waals surface area contributed by atoms with Crippen molar-refractivity contribution in [2.75, 3.05) is 5.32 Å². The molecule has 3 rings (SSSR count). The van der Waals surface area contributed by atoms with Crippen molar-refractivity contribution in [3.63, 3.8) is 0 Å². The third-order valence-corrected chi connectivity index (χ3v) is 4.89. The second kappa shape index (κ2) is 7.40. The molecule has 0 aliphatic carbocycles. The molecule has 0 atom stereocenters. The molecule has 0 saturated heterocycles. The highest BCUT2D eigenvalue weighted by atomic mass is 32.2. The smallest absolute Gasteiger partial charge is 0.256 e. The van der Waals surface area contributed by atoms with Crippen LogP contribution in [0.5, 0.6) is 0 Å². The molecule has 0 fully saturated rings. The molecular weight excluding hydrogens is 332 g/mol. The Labute approximate surface area is 151 Å². The number of aromatic nitrogens is 1. The monoisotopic (exact) mass is 350 g/mol. The van der Waals surface area contributed by atoms with Crippen LogP contribution < -0.4 is 10.0 Å². The fourth-order valence-corrected chi connectivity index (χ4v) is 3.20. The third-order valence-electron chi connectivity index (χ3n) is 3.89. The van der Waals surface area contributed by atoms with E-state index in [-0.39, 0.29) is 5.91 Å². The van der Waals surface area contributed by atoms with E-state index in [2.05, 4.69) is 37.4 Å². The predicted octanol–water partition coefficient (Wildman–Crippen LogP) is 4.34. The first-order valence-corrected chi connectivity index (χ1v) is 8.68. The van der Waals surface area contributed by atoms with E-state index in [1.807, 2.05) is 24.3 Å². The van der Waals surface area contributed by atoms with Gasteiger partial charge in [-0.1, -0.05) is 17.8 Å². The van der Waals surface area contributed by atoms with Crippen molar-refractivity contribution in [2.24, 2.45) is 0 Å². The Morgan fingerprint density at radius 1 is 0.920 bits per heavy atom. The summed E-state index contributed by atoms with van der Waals surface area (Å²) in [5, 5.41) is 13.8. The Bertz CT molecular complexity index is 891. The molecule has 1 amide bonds. The molecule has 0 radical (unpaired) electrons. The fourth-order valence-electron chi connectivity index (χ4n) is 2.29. The molecule has 5 heteroatoms. The molecule has 126 valence electrons. The minimum Gasteiger partial charge on any atom is -0.619 e. The number of amides is 1. The van der Waals surface area contributed by atoms with Gasteiger partial charge in [-0.25, -0.2) is 0 Å². The van der Waals surface area contributed by atoms with Crippen molar-refractivity contribution in [3.05, 3.63) is 88.9 Å². The van der Waals surface area contributed by atoms with Gasteiger partial charge in [-0.3, -0.25) is 4.79 Å². The molecule has 0 saturated carbocycles. The van der Waals surface area contributed by atoms with E-state index >= 15 is 0 Å². The molecule has 0 aliphatic heterocycles. The number of hydrogen-bond donors (Lipinski definition) is 1. The van der Waals surface area contributed by atoms with Crippen LogP contribution >= 0.6 is 11.8 Å². The molecule has 1 N–H and O–H groups in total. The van der Waals surface area contributed by atoms with Crippen LogP contribution in [-0.4, -0.2) is 5.91 Å². The highest BCUT2D eigenvalue weighted by Gasteiger charge is 2.07. The number of carbonyl (C=O) groups is 1. The number of nitrogens with zero attached hydrogens (tertiary/aromatic N) is 1. The van der Waals surface area contributed by atoms with E-state index in [9.17, 15) is 10.0 Å². The molecule has 0 unspecified atom stereocenters. The lowest BCUT2D eigenvalue weighted by Gasteiger charge is -2.08. The minimum atomic E-state index is -0.241. The zero-order chi connectivity index (χ0) is 17.8. The van der Waals surface area contributed by atoms with Gasteiger partial charge in [-0.2, -0.15) is 4.73 Å². The van der Waals surface area contributed by atoms with Crippen LogP contribution in [0.25, 0.3) is 0 Å². The second-order valence-electron chi connectivity index (χ2n) is 5.77. The number of aryl methyl sites for hydroxylation is 2. The summed E-state index contributed by atoms with van der Waals surface area (Å²) in [4.78, 5) is 14.4. The Kier molecular flexibility index (Phi) is 5.05. The van der Waals surface area contributed by atoms with Crippen molar-refractivity contribution < 1.29 is 9.52 Å². The highest BCUT2D eigenvalue weighted by molar-refractivity contribution is 7.99. The van der Waals surface area contributed by atoms with Crippen LogP contribution in [0.1, 0.15) is 21.5 Å². The summed E-state index contributed by atoms with van der Waals surface area (Å²) in [6, 6.07) is 17.1. The predicted molar refractivity (Wildman–Crippen MR) is 99.8 cm³/mol. The standard InChI is InChI=1S/C20H18N2O2S/c1-14-3-6-19(13-15(14)2)25-18-7-4-17(5-8-18)21-20(23)16-9-11-22(24)12-10-16/h3-13H,1-2H3,(H,21,23). The first kappa shape index (κ1) is 17.0. The number of rotatable bonds is 4. The normalized spacial score (nSPS) is 10.5. The van der Waals surface area contributed by atoms with Gasteiger partial charge in [0.25, 0.3) is 5.91 Å². The van der Waals surface area contributed by atoms with Gasteiger partial charge in [0.1, 0.15) is 0 Å². The number of carbonyl (C=O) groups excluding carboxylic acids is 1. The number of pyridine rings is 1. The van der Waals surface area contributed by atoms with E-state index in [4.69, 9.17) is 0 Å². The fraction of sp³-hybridized carbons (Fsp3) is 0.100. The van der Waals surface area contributed by atoms with Crippen molar-refractivity contribution in [2.45, 2.75) is 23.6 Å². The largest absolute Gasteiger partial charge is 0.619 e. The third kappa shape index (κ3) is 4.39. The zero-order valence-corrected chi connectivity index (χ0v) is 14.8. The summed E-state index contributed by atoms with van der Waals surface area (Å²) in [6.07, 6.45) is 2.61. The molecule has 4 nitrogen and oxygen atoms in total. The van der Waals surface area contributed by atoms with Crippen LogP contribution in [0, 0.1) is 19.1 Å².